The molecule has 0 aliphatic carbocycles. The van der Waals surface area contributed by atoms with Gasteiger partial charge >= 0.3 is 0 Å². The average Bonchev–Trinajstić information content (AvgIpc) is 3.18. The molecule has 0 spiro atoms. The lowest BCUT2D eigenvalue weighted by atomic mass is 9.95. The lowest BCUT2D eigenvalue weighted by molar-refractivity contribution is -0.137. The number of hydrogen-bond donors (Lipinski definition) is 2. The van der Waals surface area contributed by atoms with Gasteiger partial charge in [0.05, 0.1) is 11.0 Å². The minimum Gasteiger partial charge on any atom is -0.342 e. The number of anilines is 1. The van der Waals surface area contributed by atoms with Gasteiger partial charge < -0.3 is 15.2 Å². The lowest BCUT2D eigenvalue weighted by Gasteiger charge is -2.32. The molecule has 3 aromatic rings. The fourth-order valence-corrected chi connectivity index (χ4v) is 3.77. The normalized spacial score (nSPS) is 15.1. The first-order valence-electron chi connectivity index (χ1n) is 10.2. The summed E-state index contributed by atoms with van der Waals surface area (Å²) in [5.41, 5.74) is 3.68. The first-order valence-corrected chi connectivity index (χ1v) is 10.2. The van der Waals surface area contributed by atoms with E-state index < -0.39 is 0 Å². The maximum atomic E-state index is 12.6. The Hall–Kier alpha value is -3.15. The molecule has 2 heterocycles. The van der Waals surface area contributed by atoms with Crippen molar-refractivity contribution in [3.8, 4) is 11.4 Å². The molecule has 29 heavy (non-hydrogen) atoms. The number of imidazole rings is 1. The number of rotatable bonds is 4. The van der Waals surface area contributed by atoms with E-state index in [1.54, 1.807) is 0 Å². The summed E-state index contributed by atoms with van der Waals surface area (Å²) >= 11 is 0. The zero-order chi connectivity index (χ0) is 20.4. The molecule has 6 heteroatoms. The molecule has 1 fully saturated rings. The number of carbonyl (C=O) groups excluding carboxylic acids is 2. The van der Waals surface area contributed by atoms with Crippen LogP contribution in [0.3, 0.4) is 0 Å². The number of H-pyrrole nitrogens is 1. The largest absolute Gasteiger partial charge is 0.342 e. The van der Waals surface area contributed by atoms with Crippen LogP contribution in [0.1, 0.15) is 26.7 Å². The molecule has 1 aromatic heterocycles. The van der Waals surface area contributed by atoms with Crippen molar-refractivity contribution >= 4 is 28.5 Å². The zero-order valence-electron chi connectivity index (χ0n) is 16.8. The summed E-state index contributed by atoms with van der Waals surface area (Å²) in [5, 5.41) is 3.01. The van der Waals surface area contributed by atoms with Gasteiger partial charge in [-0.3, -0.25) is 9.59 Å². The molecule has 1 aliphatic heterocycles. The summed E-state index contributed by atoms with van der Waals surface area (Å²) < 4.78 is 0. The Morgan fingerprint density at radius 2 is 1.76 bits per heavy atom. The highest BCUT2D eigenvalue weighted by molar-refractivity contribution is 5.93. The van der Waals surface area contributed by atoms with Crippen molar-refractivity contribution in [2.45, 2.75) is 26.7 Å². The number of piperidine rings is 1. The predicted octanol–water partition coefficient (Wildman–Crippen LogP) is 4.06. The van der Waals surface area contributed by atoms with Crippen LogP contribution in [0, 0.1) is 11.8 Å². The van der Waals surface area contributed by atoms with Gasteiger partial charge in [0.25, 0.3) is 0 Å². The molecule has 2 amide bonds. The van der Waals surface area contributed by atoms with E-state index in [0.717, 1.165) is 28.1 Å². The molecule has 0 saturated carbocycles. The second-order valence-corrected chi connectivity index (χ2v) is 7.92. The summed E-state index contributed by atoms with van der Waals surface area (Å²) in [4.78, 5) is 34.5. The monoisotopic (exact) mass is 390 g/mol. The Morgan fingerprint density at radius 3 is 2.41 bits per heavy atom. The molecule has 0 radical (unpaired) electrons. The summed E-state index contributed by atoms with van der Waals surface area (Å²) in [7, 11) is 0. The van der Waals surface area contributed by atoms with Crippen LogP contribution in [0.15, 0.2) is 48.5 Å². The van der Waals surface area contributed by atoms with E-state index in [0.29, 0.717) is 25.9 Å². The zero-order valence-corrected chi connectivity index (χ0v) is 16.8. The van der Waals surface area contributed by atoms with E-state index in [2.05, 4.69) is 15.3 Å². The fourth-order valence-electron chi connectivity index (χ4n) is 3.77. The third-order valence-electron chi connectivity index (χ3n) is 5.49. The summed E-state index contributed by atoms with van der Waals surface area (Å²) in [5.74, 6) is 0.960. The van der Waals surface area contributed by atoms with Crippen molar-refractivity contribution in [3.63, 3.8) is 0 Å². The van der Waals surface area contributed by atoms with Crippen LogP contribution in [0.2, 0.25) is 0 Å². The van der Waals surface area contributed by atoms with Crippen LogP contribution < -0.4 is 5.32 Å². The first kappa shape index (κ1) is 19.2. The Bertz CT molecular complexity index is 982. The maximum Gasteiger partial charge on any atom is 0.227 e. The smallest absolute Gasteiger partial charge is 0.227 e. The van der Waals surface area contributed by atoms with Gasteiger partial charge in [-0.15, -0.1) is 0 Å². The average molecular weight is 390 g/mol. The number of aromatic amines is 1. The van der Waals surface area contributed by atoms with Crippen molar-refractivity contribution in [3.05, 3.63) is 48.5 Å². The Labute approximate surface area is 170 Å². The molecule has 4 rings (SSSR count). The van der Waals surface area contributed by atoms with Crippen molar-refractivity contribution in [2.24, 2.45) is 11.8 Å². The molecule has 0 atom stereocenters. The van der Waals surface area contributed by atoms with E-state index >= 15 is 0 Å². The van der Waals surface area contributed by atoms with Crippen LogP contribution in [-0.4, -0.2) is 39.8 Å². The number of nitrogens with one attached hydrogen (secondary N) is 2. The molecule has 0 bridgehead atoms. The number of hydrogen-bond acceptors (Lipinski definition) is 3. The second kappa shape index (κ2) is 8.07. The quantitative estimate of drug-likeness (QED) is 0.705. The Morgan fingerprint density at radius 1 is 1.07 bits per heavy atom. The second-order valence-electron chi connectivity index (χ2n) is 7.92. The highest BCUT2D eigenvalue weighted by Crippen LogP contribution is 2.24. The molecule has 150 valence electrons. The van der Waals surface area contributed by atoms with Gasteiger partial charge in [0.2, 0.25) is 11.8 Å². The fraction of sp³-hybridized carbons (Fsp3) is 0.348. The maximum absolute atomic E-state index is 12.6. The van der Waals surface area contributed by atoms with Gasteiger partial charge in [0.1, 0.15) is 5.82 Å². The molecular weight excluding hydrogens is 364 g/mol. The van der Waals surface area contributed by atoms with Gasteiger partial charge in [-0.25, -0.2) is 4.98 Å². The van der Waals surface area contributed by atoms with Gasteiger partial charge in [-0.05, 0) is 49.2 Å². The van der Waals surface area contributed by atoms with E-state index in [-0.39, 0.29) is 23.7 Å². The summed E-state index contributed by atoms with van der Waals surface area (Å²) in [6.07, 6.45) is 1.42. The van der Waals surface area contributed by atoms with Crippen molar-refractivity contribution < 1.29 is 9.59 Å². The number of para-hydroxylation sites is 2. The molecule has 2 N–H and O–H groups in total. The van der Waals surface area contributed by atoms with Crippen LogP contribution >= 0.6 is 0 Å². The van der Waals surface area contributed by atoms with E-state index in [1.165, 1.54) is 0 Å². The van der Waals surface area contributed by atoms with E-state index in [4.69, 9.17) is 0 Å². The van der Waals surface area contributed by atoms with Crippen molar-refractivity contribution in [1.82, 2.24) is 14.9 Å². The molecule has 0 unspecified atom stereocenters. The van der Waals surface area contributed by atoms with Crippen LogP contribution in [-0.2, 0) is 9.59 Å². The minimum atomic E-state index is -0.0544. The van der Waals surface area contributed by atoms with Crippen LogP contribution in [0.5, 0.6) is 0 Å². The van der Waals surface area contributed by atoms with Gasteiger partial charge in [0.15, 0.2) is 0 Å². The third-order valence-corrected chi connectivity index (χ3v) is 5.49. The molecule has 6 nitrogen and oxygen atoms in total. The number of likely N-dealkylation sites (tertiary alicyclic amines) is 1. The standard InChI is InChI=1S/C23H26N4O2/c1-15(2)23(29)27-13-11-17(12-14-27)22(28)24-18-9-7-16(8-10-18)21-25-19-5-3-4-6-20(19)26-21/h3-10,15,17H,11-14H2,1-2H3,(H,24,28)(H,25,26). The first-order chi connectivity index (χ1) is 14.0. The van der Waals surface area contributed by atoms with Gasteiger partial charge in [-0.2, -0.15) is 0 Å². The summed E-state index contributed by atoms with van der Waals surface area (Å²) in [6, 6.07) is 15.6. The van der Waals surface area contributed by atoms with Crippen molar-refractivity contribution in [2.75, 3.05) is 18.4 Å². The van der Waals surface area contributed by atoms with Crippen LogP contribution in [0.4, 0.5) is 5.69 Å². The highest BCUT2D eigenvalue weighted by Gasteiger charge is 2.28. The van der Waals surface area contributed by atoms with Crippen molar-refractivity contribution in [1.29, 1.82) is 0 Å². The molecular formula is C23H26N4O2. The highest BCUT2D eigenvalue weighted by atomic mass is 16.2. The number of aromatic nitrogens is 2. The molecule has 1 saturated heterocycles. The summed E-state index contributed by atoms with van der Waals surface area (Å²) in [6.45, 7) is 5.13. The molecule has 1 aliphatic rings. The number of nitrogens with zero attached hydrogens (tertiary/aromatic N) is 2. The van der Waals surface area contributed by atoms with Gasteiger partial charge in [-0.1, -0.05) is 26.0 Å². The SMILES string of the molecule is CC(C)C(=O)N1CCC(C(=O)Nc2ccc(-c3nc4ccccc4[nH]3)cc2)CC1. The number of fused-ring (bicyclic) bond motifs is 1. The minimum absolute atomic E-state index is 0.00523. The topological polar surface area (TPSA) is 78.1 Å². The van der Waals surface area contributed by atoms with Gasteiger partial charge in [0, 0.05) is 36.2 Å². The number of amides is 2. The van der Waals surface area contributed by atoms with Crippen LogP contribution in [0.25, 0.3) is 22.4 Å². The predicted molar refractivity (Wildman–Crippen MR) is 114 cm³/mol. The Balaban J connectivity index is 1.36. The van der Waals surface area contributed by atoms with E-state index in [1.807, 2.05) is 67.3 Å². The lowest BCUT2D eigenvalue weighted by Crippen LogP contribution is -2.43. The number of carbonyl (C=O) groups is 2. The molecule has 2 aromatic carbocycles. The van der Waals surface area contributed by atoms with E-state index in [9.17, 15) is 9.59 Å². The number of benzene rings is 2. The third kappa shape index (κ3) is 4.16. The Kier molecular flexibility index (Phi) is 5.34.